The van der Waals surface area contributed by atoms with E-state index in [-0.39, 0.29) is 35.9 Å². The highest BCUT2D eigenvalue weighted by Gasteiger charge is 2.37. The quantitative estimate of drug-likeness (QED) is 0.679. The second-order valence-electron chi connectivity index (χ2n) is 6.82. The summed E-state index contributed by atoms with van der Waals surface area (Å²) in [5.74, 6) is -1.97. The normalized spacial score (nSPS) is 17.2. The standard InChI is InChI=1S/C19H14ClF6N3O2/c20-14-6-12(19(24,25)26)7-27-15(14)8-28-17(31)10-4-16(30)29(9-10)13-3-1-2-11(5-13)18(21,22)23/h1-3,5-7,10H,4,8-9H2,(H,28,31). The van der Waals surface area contributed by atoms with E-state index in [0.29, 0.717) is 12.3 Å². The van der Waals surface area contributed by atoms with Gasteiger partial charge in [0.15, 0.2) is 0 Å². The summed E-state index contributed by atoms with van der Waals surface area (Å²) in [6, 6.07) is 4.88. The van der Waals surface area contributed by atoms with E-state index in [4.69, 9.17) is 11.6 Å². The Morgan fingerprint density at radius 3 is 2.42 bits per heavy atom. The third-order valence-electron chi connectivity index (χ3n) is 4.66. The van der Waals surface area contributed by atoms with E-state index in [1.54, 1.807) is 0 Å². The maximum Gasteiger partial charge on any atom is 0.417 e. The number of halogens is 7. The van der Waals surface area contributed by atoms with E-state index < -0.39 is 41.2 Å². The first kappa shape index (κ1) is 22.9. The van der Waals surface area contributed by atoms with Crippen molar-refractivity contribution in [3.05, 3.63) is 58.4 Å². The van der Waals surface area contributed by atoms with Crippen LogP contribution >= 0.6 is 11.6 Å². The monoisotopic (exact) mass is 465 g/mol. The van der Waals surface area contributed by atoms with Crippen molar-refractivity contribution in [3.8, 4) is 0 Å². The fourth-order valence-corrected chi connectivity index (χ4v) is 3.28. The van der Waals surface area contributed by atoms with E-state index in [0.717, 1.165) is 23.1 Å². The molecular weight excluding hydrogens is 452 g/mol. The van der Waals surface area contributed by atoms with Crippen LogP contribution in [0.1, 0.15) is 23.2 Å². The van der Waals surface area contributed by atoms with Gasteiger partial charge in [0.05, 0.1) is 34.3 Å². The SMILES string of the molecule is O=C(NCc1ncc(C(F)(F)F)cc1Cl)C1CC(=O)N(c2cccc(C(F)(F)F)c2)C1. The molecule has 166 valence electrons. The van der Waals surface area contributed by atoms with Gasteiger partial charge in [0.25, 0.3) is 0 Å². The van der Waals surface area contributed by atoms with Gasteiger partial charge in [0.1, 0.15) is 0 Å². The summed E-state index contributed by atoms with van der Waals surface area (Å²) in [6.07, 6.45) is -8.84. The van der Waals surface area contributed by atoms with Gasteiger partial charge in [-0.3, -0.25) is 14.6 Å². The number of carbonyl (C=O) groups excluding carboxylic acids is 2. The van der Waals surface area contributed by atoms with Crippen molar-refractivity contribution >= 4 is 29.1 Å². The predicted molar refractivity (Wildman–Crippen MR) is 98.0 cm³/mol. The highest BCUT2D eigenvalue weighted by molar-refractivity contribution is 6.31. The molecule has 0 spiro atoms. The van der Waals surface area contributed by atoms with Crippen molar-refractivity contribution in [1.82, 2.24) is 10.3 Å². The zero-order valence-corrected chi connectivity index (χ0v) is 16.3. The minimum Gasteiger partial charge on any atom is -0.350 e. The van der Waals surface area contributed by atoms with E-state index in [1.165, 1.54) is 6.07 Å². The average Bonchev–Trinajstić information content (AvgIpc) is 3.07. The number of anilines is 1. The van der Waals surface area contributed by atoms with Crippen molar-refractivity contribution < 1.29 is 35.9 Å². The van der Waals surface area contributed by atoms with Crippen molar-refractivity contribution in [2.45, 2.75) is 25.3 Å². The summed E-state index contributed by atoms with van der Waals surface area (Å²) in [6.45, 7) is -0.412. The molecule has 2 aromatic rings. The van der Waals surface area contributed by atoms with Crippen molar-refractivity contribution in [3.63, 3.8) is 0 Å². The van der Waals surface area contributed by atoms with Crippen molar-refractivity contribution in [1.29, 1.82) is 0 Å². The van der Waals surface area contributed by atoms with Crippen LogP contribution in [-0.4, -0.2) is 23.3 Å². The minimum atomic E-state index is -4.62. The second kappa shape index (κ2) is 8.37. The summed E-state index contributed by atoms with van der Waals surface area (Å²) >= 11 is 5.79. The summed E-state index contributed by atoms with van der Waals surface area (Å²) < 4.78 is 76.6. The fourth-order valence-electron chi connectivity index (χ4n) is 3.05. The molecule has 31 heavy (non-hydrogen) atoms. The van der Waals surface area contributed by atoms with Gasteiger partial charge < -0.3 is 10.2 Å². The molecule has 1 aromatic carbocycles. The van der Waals surface area contributed by atoms with Gasteiger partial charge in [-0.25, -0.2) is 0 Å². The van der Waals surface area contributed by atoms with Crippen LogP contribution in [0.3, 0.4) is 0 Å². The summed E-state index contributed by atoms with van der Waals surface area (Å²) in [4.78, 5) is 29.3. The van der Waals surface area contributed by atoms with Gasteiger partial charge >= 0.3 is 12.4 Å². The van der Waals surface area contributed by atoms with Crippen LogP contribution < -0.4 is 10.2 Å². The Labute approximate surface area is 177 Å². The molecule has 0 aliphatic carbocycles. The lowest BCUT2D eigenvalue weighted by molar-refractivity contribution is -0.138. The topological polar surface area (TPSA) is 62.3 Å². The molecular formula is C19H14ClF6N3O2. The molecule has 2 heterocycles. The molecule has 1 aliphatic heterocycles. The maximum absolute atomic E-state index is 12.9. The summed E-state index contributed by atoms with van der Waals surface area (Å²) in [7, 11) is 0. The number of benzene rings is 1. The number of hydrogen-bond donors (Lipinski definition) is 1. The lowest BCUT2D eigenvalue weighted by Gasteiger charge is -2.18. The van der Waals surface area contributed by atoms with E-state index in [9.17, 15) is 35.9 Å². The molecule has 0 bridgehead atoms. The number of hydrogen-bond acceptors (Lipinski definition) is 3. The van der Waals surface area contributed by atoms with Gasteiger partial charge in [-0.15, -0.1) is 0 Å². The lowest BCUT2D eigenvalue weighted by atomic mass is 10.1. The first-order valence-corrected chi connectivity index (χ1v) is 9.21. The van der Waals surface area contributed by atoms with E-state index >= 15 is 0 Å². The Bertz CT molecular complexity index is 1010. The van der Waals surface area contributed by atoms with Crippen molar-refractivity contribution in [2.75, 3.05) is 11.4 Å². The molecule has 1 aliphatic rings. The maximum atomic E-state index is 12.9. The fraction of sp³-hybridized carbons (Fsp3) is 0.316. The van der Waals surface area contributed by atoms with Crippen molar-refractivity contribution in [2.24, 2.45) is 5.92 Å². The predicted octanol–water partition coefficient (Wildman–Crippen LogP) is 4.44. The Morgan fingerprint density at radius 2 is 1.81 bits per heavy atom. The molecule has 1 fully saturated rings. The number of nitrogens with zero attached hydrogens (tertiary/aromatic N) is 2. The molecule has 1 aromatic heterocycles. The third kappa shape index (κ3) is 5.27. The van der Waals surface area contributed by atoms with Gasteiger partial charge in [0.2, 0.25) is 11.8 Å². The Kier molecular flexibility index (Phi) is 6.17. The van der Waals surface area contributed by atoms with Gasteiger partial charge in [-0.1, -0.05) is 17.7 Å². The second-order valence-corrected chi connectivity index (χ2v) is 7.23. The van der Waals surface area contributed by atoms with Crippen LogP contribution in [0.25, 0.3) is 0 Å². The number of pyridine rings is 1. The molecule has 1 unspecified atom stereocenters. The van der Waals surface area contributed by atoms with Gasteiger partial charge in [0, 0.05) is 24.8 Å². The van der Waals surface area contributed by atoms with Gasteiger partial charge in [-0.2, -0.15) is 26.3 Å². The first-order chi connectivity index (χ1) is 14.4. The van der Waals surface area contributed by atoms with Crippen LogP contribution in [0.5, 0.6) is 0 Å². The van der Waals surface area contributed by atoms with E-state index in [1.807, 2.05) is 0 Å². The Balaban J connectivity index is 1.65. The zero-order chi connectivity index (χ0) is 23.0. The Morgan fingerprint density at radius 1 is 1.13 bits per heavy atom. The molecule has 1 N–H and O–H groups in total. The number of aromatic nitrogens is 1. The average molecular weight is 466 g/mol. The number of alkyl halides is 6. The lowest BCUT2D eigenvalue weighted by Crippen LogP contribution is -2.33. The zero-order valence-electron chi connectivity index (χ0n) is 15.5. The number of nitrogens with one attached hydrogen (secondary N) is 1. The molecule has 3 rings (SSSR count). The highest BCUT2D eigenvalue weighted by atomic mass is 35.5. The molecule has 0 radical (unpaired) electrons. The van der Waals surface area contributed by atoms with Crippen LogP contribution in [0.2, 0.25) is 5.02 Å². The molecule has 2 amide bonds. The molecule has 0 saturated carbocycles. The van der Waals surface area contributed by atoms with E-state index in [2.05, 4.69) is 10.3 Å². The highest BCUT2D eigenvalue weighted by Crippen LogP contribution is 2.34. The smallest absolute Gasteiger partial charge is 0.350 e. The number of rotatable bonds is 4. The largest absolute Gasteiger partial charge is 0.417 e. The minimum absolute atomic E-state index is 0.00192. The van der Waals surface area contributed by atoms with Gasteiger partial charge in [-0.05, 0) is 24.3 Å². The summed E-state index contributed by atoms with van der Waals surface area (Å²) in [5, 5.41) is 2.15. The number of carbonyl (C=O) groups is 2. The number of amides is 2. The Hall–Kier alpha value is -2.82. The van der Waals surface area contributed by atoms with Crippen LogP contribution in [0.4, 0.5) is 32.0 Å². The first-order valence-electron chi connectivity index (χ1n) is 8.83. The molecule has 5 nitrogen and oxygen atoms in total. The summed E-state index contributed by atoms with van der Waals surface area (Å²) in [5.41, 5.74) is -1.94. The molecule has 1 saturated heterocycles. The third-order valence-corrected chi connectivity index (χ3v) is 4.98. The van der Waals surface area contributed by atoms with Crippen LogP contribution in [0, 0.1) is 5.92 Å². The van der Waals surface area contributed by atoms with Crippen LogP contribution in [0.15, 0.2) is 36.5 Å². The molecule has 12 heteroatoms. The van der Waals surface area contributed by atoms with Crippen LogP contribution in [-0.2, 0) is 28.5 Å². The molecule has 1 atom stereocenters.